The predicted molar refractivity (Wildman–Crippen MR) is 118 cm³/mol. The second-order valence-electron chi connectivity index (χ2n) is 7.35. The molecule has 0 unspecified atom stereocenters. The highest BCUT2D eigenvalue weighted by molar-refractivity contribution is 6.11. The molecule has 3 aromatic carbocycles. The third kappa shape index (κ3) is 3.43. The van der Waals surface area contributed by atoms with Gasteiger partial charge < -0.3 is 23.9 Å². The maximum absolute atomic E-state index is 13.0. The molecule has 0 saturated carbocycles. The van der Waals surface area contributed by atoms with Crippen molar-refractivity contribution < 1.29 is 28.2 Å². The van der Waals surface area contributed by atoms with Crippen molar-refractivity contribution in [2.45, 2.75) is 6.92 Å². The zero-order valence-electron chi connectivity index (χ0n) is 17.4. The van der Waals surface area contributed by atoms with E-state index in [1.807, 2.05) is 13.0 Å². The summed E-state index contributed by atoms with van der Waals surface area (Å²) in [4.78, 5) is 25.6. The van der Waals surface area contributed by atoms with Gasteiger partial charge in [-0.1, -0.05) is 0 Å². The number of carbonyl (C=O) groups is 2. The van der Waals surface area contributed by atoms with Crippen LogP contribution in [0.2, 0.25) is 0 Å². The lowest BCUT2D eigenvalue weighted by molar-refractivity contribution is 0.101. The molecule has 7 heteroatoms. The minimum atomic E-state index is -0.291. The van der Waals surface area contributed by atoms with Crippen LogP contribution in [0.5, 0.6) is 17.2 Å². The Morgan fingerprint density at radius 3 is 2.44 bits per heavy atom. The molecular weight excluding hydrogens is 410 g/mol. The fourth-order valence-electron chi connectivity index (χ4n) is 3.63. The Kier molecular flexibility index (Phi) is 4.78. The Bertz CT molecular complexity index is 1350. The van der Waals surface area contributed by atoms with Gasteiger partial charge in [0.1, 0.15) is 11.3 Å². The first-order valence-corrected chi connectivity index (χ1v) is 9.96. The number of rotatable bonds is 5. The van der Waals surface area contributed by atoms with E-state index in [-0.39, 0.29) is 24.2 Å². The highest BCUT2D eigenvalue weighted by atomic mass is 16.7. The van der Waals surface area contributed by atoms with Gasteiger partial charge >= 0.3 is 0 Å². The van der Waals surface area contributed by atoms with Crippen LogP contribution in [0.1, 0.15) is 32.0 Å². The van der Waals surface area contributed by atoms with Crippen LogP contribution < -0.4 is 19.5 Å². The number of aryl methyl sites for hydroxylation is 1. The molecule has 7 nitrogen and oxygen atoms in total. The number of benzene rings is 3. The number of ether oxygens (including phenoxy) is 3. The summed E-state index contributed by atoms with van der Waals surface area (Å²) in [5, 5.41) is 3.66. The van der Waals surface area contributed by atoms with E-state index in [9.17, 15) is 9.59 Å². The molecule has 0 saturated heterocycles. The van der Waals surface area contributed by atoms with Gasteiger partial charge in [0.15, 0.2) is 17.3 Å². The Morgan fingerprint density at radius 1 is 0.906 bits per heavy atom. The number of hydrogen-bond donors (Lipinski definition) is 1. The molecule has 1 aliphatic heterocycles. The van der Waals surface area contributed by atoms with Gasteiger partial charge in [-0.3, -0.25) is 9.59 Å². The molecule has 0 bridgehead atoms. The van der Waals surface area contributed by atoms with E-state index in [4.69, 9.17) is 18.6 Å². The van der Waals surface area contributed by atoms with Gasteiger partial charge in [0.2, 0.25) is 12.6 Å². The average Bonchev–Trinajstić information content (AvgIpc) is 3.42. The third-order valence-electron chi connectivity index (χ3n) is 5.39. The van der Waals surface area contributed by atoms with Gasteiger partial charge in [0, 0.05) is 33.8 Å². The lowest BCUT2D eigenvalue weighted by Gasteiger charge is -2.06. The maximum Gasteiger partial charge on any atom is 0.255 e. The van der Waals surface area contributed by atoms with Crippen LogP contribution >= 0.6 is 0 Å². The Labute approximate surface area is 183 Å². The first-order chi connectivity index (χ1) is 15.5. The zero-order valence-corrected chi connectivity index (χ0v) is 17.4. The predicted octanol–water partition coefficient (Wildman–Crippen LogP) is 4.96. The SMILES string of the molecule is COc1ccc(C(=O)c2oc3cc(NC(=O)c4ccc5c(c4)OCO5)ccc3c2C)cc1. The van der Waals surface area contributed by atoms with Crippen LogP contribution in [0.3, 0.4) is 0 Å². The minimum absolute atomic E-state index is 0.145. The Hall–Kier alpha value is -4.26. The fraction of sp³-hybridized carbons (Fsp3) is 0.120. The minimum Gasteiger partial charge on any atom is -0.497 e. The molecule has 32 heavy (non-hydrogen) atoms. The van der Waals surface area contributed by atoms with Crippen molar-refractivity contribution in [1.29, 1.82) is 0 Å². The fourth-order valence-corrected chi connectivity index (χ4v) is 3.63. The molecule has 1 aromatic heterocycles. The molecule has 1 amide bonds. The molecule has 0 fully saturated rings. The summed E-state index contributed by atoms with van der Waals surface area (Å²) in [7, 11) is 1.57. The van der Waals surface area contributed by atoms with Crippen molar-refractivity contribution in [2.75, 3.05) is 19.2 Å². The smallest absolute Gasteiger partial charge is 0.255 e. The second kappa shape index (κ2) is 7.77. The van der Waals surface area contributed by atoms with Crippen molar-refractivity contribution in [3.05, 3.63) is 83.1 Å². The normalized spacial score (nSPS) is 12.1. The molecule has 2 heterocycles. The highest BCUT2D eigenvalue weighted by Crippen LogP contribution is 2.33. The molecule has 1 N–H and O–H groups in total. The molecule has 0 aliphatic carbocycles. The number of hydrogen-bond acceptors (Lipinski definition) is 6. The number of carbonyl (C=O) groups excluding carboxylic acids is 2. The van der Waals surface area contributed by atoms with Gasteiger partial charge in [0.25, 0.3) is 5.91 Å². The molecule has 0 spiro atoms. The second-order valence-corrected chi connectivity index (χ2v) is 7.35. The van der Waals surface area contributed by atoms with Crippen LogP contribution in [-0.4, -0.2) is 25.6 Å². The van der Waals surface area contributed by atoms with Gasteiger partial charge in [-0.05, 0) is 61.5 Å². The van der Waals surface area contributed by atoms with E-state index in [1.165, 1.54) is 0 Å². The summed E-state index contributed by atoms with van der Waals surface area (Å²) in [5.41, 5.74) is 2.76. The molecule has 4 aromatic rings. The summed E-state index contributed by atoms with van der Waals surface area (Å²) in [6.45, 7) is 1.99. The van der Waals surface area contributed by atoms with E-state index in [2.05, 4.69) is 5.32 Å². The van der Waals surface area contributed by atoms with E-state index in [1.54, 1.807) is 61.7 Å². The first kappa shape index (κ1) is 19.7. The van der Waals surface area contributed by atoms with Crippen LogP contribution in [-0.2, 0) is 0 Å². The molecule has 5 rings (SSSR count). The van der Waals surface area contributed by atoms with E-state index in [0.29, 0.717) is 39.6 Å². The Morgan fingerprint density at radius 2 is 1.66 bits per heavy atom. The summed E-state index contributed by atoms with van der Waals surface area (Å²) in [6.07, 6.45) is 0. The van der Waals surface area contributed by atoms with Gasteiger partial charge in [0.05, 0.1) is 7.11 Å². The molecule has 160 valence electrons. The zero-order chi connectivity index (χ0) is 22.2. The quantitative estimate of drug-likeness (QED) is 0.451. The molecular formula is C25H19NO6. The Balaban J connectivity index is 1.40. The van der Waals surface area contributed by atoms with Crippen molar-refractivity contribution in [3.63, 3.8) is 0 Å². The largest absolute Gasteiger partial charge is 0.497 e. The van der Waals surface area contributed by atoms with Crippen molar-refractivity contribution >= 4 is 28.3 Å². The van der Waals surface area contributed by atoms with Crippen LogP contribution in [0.15, 0.2) is 65.1 Å². The number of ketones is 1. The lowest BCUT2D eigenvalue weighted by Crippen LogP contribution is -2.11. The molecule has 1 aliphatic rings. The highest BCUT2D eigenvalue weighted by Gasteiger charge is 2.20. The summed E-state index contributed by atoms with van der Waals surface area (Å²) in [6, 6.07) is 17.2. The van der Waals surface area contributed by atoms with Crippen LogP contribution in [0.25, 0.3) is 11.0 Å². The van der Waals surface area contributed by atoms with Gasteiger partial charge in [-0.2, -0.15) is 0 Å². The van der Waals surface area contributed by atoms with Crippen LogP contribution in [0.4, 0.5) is 5.69 Å². The third-order valence-corrected chi connectivity index (χ3v) is 5.39. The van der Waals surface area contributed by atoms with E-state index >= 15 is 0 Å². The van der Waals surface area contributed by atoms with Crippen molar-refractivity contribution in [3.8, 4) is 17.2 Å². The number of fused-ring (bicyclic) bond motifs is 2. The average molecular weight is 429 g/mol. The number of anilines is 1. The molecule has 0 radical (unpaired) electrons. The van der Waals surface area contributed by atoms with E-state index in [0.717, 1.165) is 10.9 Å². The first-order valence-electron chi connectivity index (χ1n) is 9.96. The summed E-state index contributed by atoms with van der Waals surface area (Å²) < 4.78 is 21.6. The van der Waals surface area contributed by atoms with Gasteiger partial charge in [-0.15, -0.1) is 0 Å². The standard InChI is InChI=1S/C25H19NO6/c1-14-19-9-6-17(26-25(28)16-5-10-20-22(11-16)31-13-30-20)12-21(19)32-24(14)23(27)15-3-7-18(29-2)8-4-15/h3-12H,13H2,1-2H3,(H,26,28). The summed E-state index contributed by atoms with van der Waals surface area (Å²) in [5.74, 6) is 1.59. The molecule has 0 atom stereocenters. The van der Waals surface area contributed by atoms with E-state index < -0.39 is 0 Å². The monoisotopic (exact) mass is 429 g/mol. The number of amides is 1. The van der Waals surface area contributed by atoms with Gasteiger partial charge in [-0.25, -0.2) is 0 Å². The topological polar surface area (TPSA) is 87.0 Å². The lowest BCUT2D eigenvalue weighted by atomic mass is 10.0. The van der Waals surface area contributed by atoms with Crippen molar-refractivity contribution in [2.24, 2.45) is 0 Å². The summed E-state index contributed by atoms with van der Waals surface area (Å²) >= 11 is 0. The van der Waals surface area contributed by atoms with Crippen LogP contribution in [0, 0.1) is 6.92 Å². The maximum atomic E-state index is 13.0. The number of methoxy groups -OCH3 is 1. The number of furan rings is 1. The van der Waals surface area contributed by atoms with Crippen molar-refractivity contribution in [1.82, 2.24) is 0 Å². The number of nitrogens with one attached hydrogen (secondary N) is 1.